The van der Waals surface area contributed by atoms with Gasteiger partial charge in [0.05, 0.1) is 28.4 Å². The lowest BCUT2D eigenvalue weighted by Gasteiger charge is -2.18. The number of nitrogens with one attached hydrogen (secondary N) is 2. The van der Waals surface area contributed by atoms with Crippen LogP contribution in [0, 0.1) is 5.92 Å². The predicted octanol–water partition coefficient (Wildman–Crippen LogP) is 5.78. The number of esters is 1. The molecule has 0 spiro atoms. The van der Waals surface area contributed by atoms with Gasteiger partial charge in [0.2, 0.25) is 0 Å². The quantitative estimate of drug-likeness (QED) is 0.479. The number of rotatable bonds is 3. The molecule has 0 radical (unpaired) electrons. The van der Waals surface area contributed by atoms with Crippen LogP contribution in [0.2, 0.25) is 10.0 Å². The van der Waals surface area contributed by atoms with Crippen molar-refractivity contribution in [1.29, 1.82) is 0 Å². The zero-order valence-corrected chi connectivity index (χ0v) is 17.5. The Bertz CT molecular complexity index is 867. The number of halogens is 2. The second-order valence-corrected chi connectivity index (χ2v) is 8.53. The lowest BCUT2D eigenvalue weighted by Crippen LogP contribution is -2.20. The van der Waals surface area contributed by atoms with E-state index in [1.165, 1.54) is 12.0 Å². The van der Waals surface area contributed by atoms with Crippen molar-refractivity contribution >= 4 is 68.5 Å². The van der Waals surface area contributed by atoms with Crippen LogP contribution >= 0.6 is 46.8 Å². The van der Waals surface area contributed by atoms with E-state index in [0.717, 1.165) is 24.8 Å². The second kappa shape index (κ2) is 8.13. The first-order chi connectivity index (χ1) is 12.4. The first-order valence-electron chi connectivity index (χ1n) is 8.15. The van der Waals surface area contributed by atoms with Crippen molar-refractivity contribution in [1.82, 2.24) is 0 Å². The topological polar surface area (TPSA) is 50.4 Å². The van der Waals surface area contributed by atoms with E-state index in [0.29, 0.717) is 37.3 Å². The van der Waals surface area contributed by atoms with E-state index in [1.807, 2.05) is 0 Å². The molecule has 4 nitrogen and oxygen atoms in total. The highest BCUT2D eigenvalue weighted by molar-refractivity contribution is 7.80. The number of hydrogen-bond donors (Lipinski definition) is 2. The fourth-order valence-electron chi connectivity index (χ4n) is 3.01. The highest BCUT2D eigenvalue weighted by atomic mass is 35.5. The van der Waals surface area contributed by atoms with E-state index in [-0.39, 0.29) is 5.97 Å². The van der Waals surface area contributed by atoms with Gasteiger partial charge in [-0.3, -0.25) is 0 Å². The van der Waals surface area contributed by atoms with Crippen LogP contribution in [-0.2, 0) is 17.6 Å². The predicted molar refractivity (Wildman–Crippen MR) is 113 cm³/mol. The SMILES string of the molecule is COC(=O)c1c(NC(=S)Nc2cccc(Cl)c2Cl)sc2c1CCC(C)C2. The van der Waals surface area contributed by atoms with Gasteiger partial charge in [-0.2, -0.15) is 0 Å². The maximum atomic E-state index is 12.3. The molecule has 2 aromatic rings. The Morgan fingerprint density at radius 1 is 1.35 bits per heavy atom. The number of carbonyl (C=O) groups excluding carboxylic acids is 1. The molecule has 0 saturated carbocycles. The van der Waals surface area contributed by atoms with Crippen molar-refractivity contribution in [2.24, 2.45) is 5.92 Å². The number of benzene rings is 1. The Labute approximate surface area is 171 Å². The molecule has 0 aliphatic heterocycles. The zero-order valence-electron chi connectivity index (χ0n) is 14.3. The van der Waals surface area contributed by atoms with Crippen LogP contribution in [0.5, 0.6) is 0 Å². The smallest absolute Gasteiger partial charge is 0.341 e. The summed E-state index contributed by atoms with van der Waals surface area (Å²) < 4.78 is 4.99. The summed E-state index contributed by atoms with van der Waals surface area (Å²) >= 11 is 19.2. The molecular weight excluding hydrogens is 411 g/mol. The van der Waals surface area contributed by atoms with Crippen molar-refractivity contribution in [3.05, 3.63) is 44.2 Å². The molecule has 0 amide bonds. The summed E-state index contributed by atoms with van der Waals surface area (Å²) in [4.78, 5) is 13.5. The van der Waals surface area contributed by atoms with Gasteiger partial charge in [-0.05, 0) is 55.1 Å². The second-order valence-electron chi connectivity index (χ2n) is 6.23. The third-order valence-electron chi connectivity index (χ3n) is 4.33. The molecule has 0 bridgehead atoms. The van der Waals surface area contributed by atoms with Crippen LogP contribution in [0.25, 0.3) is 0 Å². The van der Waals surface area contributed by atoms with E-state index in [2.05, 4.69) is 17.6 Å². The molecule has 3 rings (SSSR count). The molecule has 2 N–H and O–H groups in total. The number of thiophene rings is 1. The average Bonchev–Trinajstić information content (AvgIpc) is 2.94. The van der Waals surface area contributed by atoms with Crippen molar-refractivity contribution in [2.75, 3.05) is 17.7 Å². The third-order valence-corrected chi connectivity index (χ3v) is 6.52. The molecule has 1 aromatic carbocycles. The first-order valence-corrected chi connectivity index (χ1v) is 10.1. The van der Waals surface area contributed by atoms with Gasteiger partial charge in [0.25, 0.3) is 0 Å². The number of carbonyl (C=O) groups is 1. The third kappa shape index (κ3) is 3.98. The fourth-order valence-corrected chi connectivity index (χ4v) is 5.04. The first kappa shape index (κ1) is 19.4. The standard InChI is InChI=1S/C18H18Cl2N2O2S2/c1-9-6-7-10-13(8-9)26-16(14(10)17(23)24-2)22-18(25)21-12-5-3-4-11(19)15(12)20/h3-5,9H,6-8H2,1-2H3,(H2,21,22,25). The molecule has 0 fully saturated rings. The molecule has 1 aliphatic carbocycles. The van der Waals surface area contributed by atoms with Crippen LogP contribution in [0.15, 0.2) is 18.2 Å². The molecule has 0 saturated heterocycles. The number of fused-ring (bicyclic) bond motifs is 1. The summed E-state index contributed by atoms with van der Waals surface area (Å²) in [6, 6.07) is 5.27. The van der Waals surface area contributed by atoms with Gasteiger partial charge < -0.3 is 15.4 Å². The lowest BCUT2D eigenvalue weighted by atomic mass is 9.88. The molecule has 8 heteroatoms. The lowest BCUT2D eigenvalue weighted by molar-refractivity contribution is 0.0601. The highest BCUT2D eigenvalue weighted by Gasteiger charge is 2.28. The van der Waals surface area contributed by atoms with Gasteiger partial charge in [-0.25, -0.2) is 4.79 Å². The summed E-state index contributed by atoms with van der Waals surface area (Å²) in [7, 11) is 1.39. The largest absolute Gasteiger partial charge is 0.465 e. The Morgan fingerprint density at radius 2 is 2.12 bits per heavy atom. The normalized spacial score (nSPS) is 15.9. The Balaban J connectivity index is 1.86. The minimum absolute atomic E-state index is 0.339. The van der Waals surface area contributed by atoms with Crippen molar-refractivity contribution in [2.45, 2.75) is 26.2 Å². The van der Waals surface area contributed by atoms with Gasteiger partial charge in [0, 0.05) is 4.88 Å². The van der Waals surface area contributed by atoms with Gasteiger partial charge in [0.1, 0.15) is 5.00 Å². The van der Waals surface area contributed by atoms with E-state index < -0.39 is 0 Å². The average molecular weight is 429 g/mol. The van der Waals surface area contributed by atoms with Crippen LogP contribution in [0.3, 0.4) is 0 Å². The monoisotopic (exact) mass is 428 g/mol. The zero-order chi connectivity index (χ0) is 18.8. The molecule has 1 unspecified atom stereocenters. The number of hydrogen-bond acceptors (Lipinski definition) is 4. The molecular formula is C18H18Cl2N2O2S2. The molecule has 138 valence electrons. The minimum atomic E-state index is -0.344. The van der Waals surface area contributed by atoms with Crippen LogP contribution in [0.1, 0.15) is 34.1 Å². The van der Waals surface area contributed by atoms with Crippen LogP contribution in [0.4, 0.5) is 10.7 Å². The van der Waals surface area contributed by atoms with E-state index in [9.17, 15) is 4.79 Å². The van der Waals surface area contributed by atoms with Gasteiger partial charge >= 0.3 is 5.97 Å². The summed E-state index contributed by atoms with van der Waals surface area (Å²) in [5, 5.41) is 8.03. The van der Waals surface area contributed by atoms with Crippen molar-refractivity contribution in [3.8, 4) is 0 Å². The Hall–Kier alpha value is -1.34. The van der Waals surface area contributed by atoms with Crippen molar-refractivity contribution < 1.29 is 9.53 Å². The highest BCUT2D eigenvalue weighted by Crippen LogP contribution is 2.40. The molecule has 26 heavy (non-hydrogen) atoms. The minimum Gasteiger partial charge on any atom is -0.465 e. The number of ether oxygens (including phenoxy) is 1. The Kier molecular flexibility index (Phi) is 6.07. The summed E-state index contributed by atoms with van der Waals surface area (Å²) in [5.74, 6) is 0.262. The molecule has 1 aromatic heterocycles. The summed E-state index contributed by atoms with van der Waals surface area (Å²) in [6.07, 6.45) is 2.90. The number of thiocarbonyl (C=S) groups is 1. The molecule has 1 aliphatic rings. The maximum Gasteiger partial charge on any atom is 0.341 e. The van der Waals surface area contributed by atoms with E-state index in [1.54, 1.807) is 29.5 Å². The van der Waals surface area contributed by atoms with E-state index in [4.69, 9.17) is 40.2 Å². The maximum absolute atomic E-state index is 12.3. The summed E-state index contributed by atoms with van der Waals surface area (Å²) in [5.41, 5.74) is 2.26. The van der Waals surface area contributed by atoms with Gasteiger partial charge in [-0.1, -0.05) is 36.2 Å². The summed E-state index contributed by atoms with van der Waals surface area (Å²) in [6.45, 7) is 2.22. The molecule has 1 heterocycles. The van der Waals surface area contributed by atoms with Crippen LogP contribution < -0.4 is 10.6 Å². The van der Waals surface area contributed by atoms with E-state index >= 15 is 0 Å². The van der Waals surface area contributed by atoms with Gasteiger partial charge in [0.15, 0.2) is 5.11 Å². The Morgan fingerprint density at radius 3 is 2.85 bits per heavy atom. The van der Waals surface area contributed by atoms with Gasteiger partial charge in [-0.15, -0.1) is 11.3 Å². The van der Waals surface area contributed by atoms with Crippen molar-refractivity contribution in [3.63, 3.8) is 0 Å². The molecule has 1 atom stereocenters. The van der Waals surface area contributed by atoms with Crippen LogP contribution in [-0.4, -0.2) is 18.2 Å². The number of anilines is 2. The number of methoxy groups -OCH3 is 1. The fraction of sp³-hybridized carbons (Fsp3) is 0.333.